The van der Waals surface area contributed by atoms with Crippen molar-refractivity contribution in [2.45, 2.75) is 51.3 Å². The van der Waals surface area contributed by atoms with E-state index in [2.05, 4.69) is 15.3 Å². The van der Waals surface area contributed by atoms with Crippen LogP contribution in [0.4, 0.5) is 0 Å². The van der Waals surface area contributed by atoms with E-state index in [4.69, 9.17) is 4.74 Å². The van der Waals surface area contributed by atoms with Crippen LogP contribution in [0.5, 0.6) is 5.88 Å². The molecule has 1 saturated carbocycles. The van der Waals surface area contributed by atoms with E-state index in [1.165, 1.54) is 12.8 Å². The summed E-state index contributed by atoms with van der Waals surface area (Å²) < 4.78 is 7.77. The lowest BCUT2D eigenvalue weighted by atomic mass is 10.2. The molecule has 1 fully saturated rings. The molecule has 1 aliphatic carbocycles. The van der Waals surface area contributed by atoms with Crippen molar-refractivity contribution >= 4 is 5.91 Å². The number of rotatable bonds is 6. The molecule has 0 spiro atoms. The minimum absolute atomic E-state index is 0.0568. The molecule has 1 N–H and O–H groups in total. The minimum Gasteiger partial charge on any atom is -0.474 e. The Labute approximate surface area is 135 Å². The summed E-state index contributed by atoms with van der Waals surface area (Å²) in [5.74, 6) is 0.577. The Hall–Kier alpha value is -2.37. The predicted octanol–water partition coefficient (Wildman–Crippen LogP) is 2.48. The third kappa shape index (κ3) is 3.88. The van der Waals surface area contributed by atoms with E-state index in [0.717, 1.165) is 18.4 Å². The van der Waals surface area contributed by atoms with Gasteiger partial charge in [-0.05, 0) is 38.7 Å². The zero-order valence-corrected chi connectivity index (χ0v) is 13.3. The monoisotopic (exact) mass is 314 g/mol. The fourth-order valence-corrected chi connectivity index (χ4v) is 2.79. The van der Waals surface area contributed by atoms with Gasteiger partial charge in [-0.25, -0.2) is 9.97 Å². The molecule has 0 unspecified atom stereocenters. The van der Waals surface area contributed by atoms with Crippen molar-refractivity contribution < 1.29 is 9.53 Å². The Morgan fingerprint density at radius 3 is 3.00 bits per heavy atom. The van der Waals surface area contributed by atoms with Crippen LogP contribution in [0.15, 0.2) is 37.1 Å². The smallest absolute Gasteiger partial charge is 0.243 e. The number of carbonyl (C=O) groups is 1. The first-order valence-corrected chi connectivity index (χ1v) is 8.10. The number of carbonyl (C=O) groups excluding carboxylic acids is 1. The molecule has 2 heterocycles. The van der Waals surface area contributed by atoms with Crippen LogP contribution in [0.3, 0.4) is 0 Å². The molecule has 0 aliphatic heterocycles. The van der Waals surface area contributed by atoms with E-state index in [9.17, 15) is 4.79 Å². The molecule has 1 atom stereocenters. The van der Waals surface area contributed by atoms with Crippen LogP contribution in [-0.4, -0.2) is 26.5 Å². The Morgan fingerprint density at radius 2 is 2.26 bits per heavy atom. The standard InChI is InChI=1S/C17H22N4O2/c1-13(21-10-9-18-12-21)16(22)20-11-14-5-4-8-19-17(14)23-15-6-2-3-7-15/h4-5,8-10,12-13,15H,2-3,6-7,11H2,1H3,(H,20,22)/t13-/m0/s1. The molecule has 1 amide bonds. The fourth-order valence-electron chi connectivity index (χ4n) is 2.79. The van der Waals surface area contributed by atoms with Gasteiger partial charge in [0.15, 0.2) is 0 Å². The Morgan fingerprint density at radius 1 is 1.43 bits per heavy atom. The number of ether oxygens (including phenoxy) is 1. The maximum atomic E-state index is 12.2. The van der Waals surface area contributed by atoms with Gasteiger partial charge in [0, 0.05) is 30.7 Å². The number of aromatic nitrogens is 3. The van der Waals surface area contributed by atoms with Crippen LogP contribution in [0.25, 0.3) is 0 Å². The van der Waals surface area contributed by atoms with E-state index >= 15 is 0 Å². The number of hydrogen-bond donors (Lipinski definition) is 1. The van der Waals surface area contributed by atoms with Crippen LogP contribution in [0.2, 0.25) is 0 Å². The van der Waals surface area contributed by atoms with E-state index in [1.807, 2.05) is 19.1 Å². The van der Waals surface area contributed by atoms with Crippen molar-refractivity contribution in [3.63, 3.8) is 0 Å². The Balaban J connectivity index is 1.60. The molecule has 0 bridgehead atoms. The first-order valence-electron chi connectivity index (χ1n) is 8.10. The van der Waals surface area contributed by atoms with Gasteiger partial charge in [-0.3, -0.25) is 4.79 Å². The second-order valence-electron chi connectivity index (χ2n) is 5.90. The van der Waals surface area contributed by atoms with Gasteiger partial charge < -0.3 is 14.6 Å². The quantitative estimate of drug-likeness (QED) is 0.889. The summed E-state index contributed by atoms with van der Waals surface area (Å²) in [5.41, 5.74) is 0.908. The number of imidazole rings is 1. The largest absolute Gasteiger partial charge is 0.474 e. The molecule has 2 aromatic heterocycles. The topological polar surface area (TPSA) is 69.0 Å². The lowest BCUT2D eigenvalue weighted by Gasteiger charge is -2.17. The highest BCUT2D eigenvalue weighted by Crippen LogP contribution is 2.25. The lowest BCUT2D eigenvalue weighted by Crippen LogP contribution is -2.30. The van der Waals surface area contributed by atoms with Crippen LogP contribution >= 0.6 is 0 Å². The summed E-state index contributed by atoms with van der Waals surface area (Å²) >= 11 is 0. The predicted molar refractivity (Wildman–Crippen MR) is 85.9 cm³/mol. The summed E-state index contributed by atoms with van der Waals surface area (Å²) in [5, 5.41) is 2.94. The minimum atomic E-state index is -0.298. The molecule has 0 saturated heterocycles. The molecule has 23 heavy (non-hydrogen) atoms. The molecule has 0 aromatic carbocycles. The third-order valence-electron chi connectivity index (χ3n) is 4.24. The number of hydrogen-bond acceptors (Lipinski definition) is 4. The van der Waals surface area contributed by atoms with Crippen molar-refractivity contribution in [1.29, 1.82) is 0 Å². The van der Waals surface area contributed by atoms with Crippen LogP contribution < -0.4 is 10.1 Å². The highest BCUT2D eigenvalue weighted by Gasteiger charge is 2.19. The number of amides is 1. The molecule has 0 radical (unpaired) electrons. The number of nitrogens with zero attached hydrogens (tertiary/aromatic N) is 3. The van der Waals surface area contributed by atoms with Gasteiger partial charge >= 0.3 is 0 Å². The molecule has 122 valence electrons. The van der Waals surface area contributed by atoms with E-state index in [-0.39, 0.29) is 18.1 Å². The van der Waals surface area contributed by atoms with Gasteiger partial charge in [0.05, 0.1) is 6.33 Å². The van der Waals surface area contributed by atoms with Gasteiger partial charge in [-0.2, -0.15) is 0 Å². The van der Waals surface area contributed by atoms with Crippen molar-refractivity contribution in [2.75, 3.05) is 0 Å². The van der Waals surface area contributed by atoms with Crippen molar-refractivity contribution in [3.8, 4) is 5.88 Å². The van der Waals surface area contributed by atoms with Crippen molar-refractivity contribution in [2.24, 2.45) is 0 Å². The summed E-state index contributed by atoms with van der Waals surface area (Å²) in [6, 6.07) is 3.51. The first kappa shape index (κ1) is 15.5. The second-order valence-corrected chi connectivity index (χ2v) is 5.90. The normalized spacial score (nSPS) is 16.2. The van der Waals surface area contributed by atoms with Gasteiger partial charge in [0.25, 0.3) is 0 Å². The van der Waals surface area contributed by atoms with E-state index in [0.29, 0.717) is 12.4 Å². The Bertz CT molecular complexity index is 636. The molecule has 6 nitrogen and oxygen atoms in total. The van der Waals surface area contributed by atoms with Crippen molar-refractivity contribution in [1.82, 2.24) is 19.9 Å². The molecular weight excluding hydrogens is 292 g/mol. The van der Waals surface area contributed by atoms with Crippen LogP contribution in [0.1, 0.15) is 44.2 Å². The first-order chi connectivity index (χ1) is 11.2. The third-order valence-corrected chi connectivity index (χ3v) is 4.24. The van der Waals surface area contributed by atoms with Gasteiger partial charge in [0.2, 0.25) is 11.8 Å². The average Bonchev–Trinajstić information content (AvgIpc) is 3.26. The zero-order chi connectivity index (χ0) is 16.1. The van der Waals surface area contributed by atoms with Crippen molar-refractivity contribution in [3.05, 3.63) is 42.6 Å². The molecule has 6 heteroatoms. The molecule has 1 aliphatic rings. The van der Waals surface area contributed by atoms with Crippen LogP contribution in [-0.2, 0) is 11.3 Å². The number of nitrogens with one attached hydrogen (secondary N) is 1. The summed E-state index contributed by atoms with van der Waals surface area (Å²) in [4.78, 5) is 20.5. The van der Waals surface area contributed by atoms with E-state index < -0.39 is 0 Å². The zero-order valence-electron chi connectivity index (χ0n) is 13.3. The average molecular weight is 314 g/mol. The van der Waals surface area contributed by atoms with Crippen LogP contribution in [0, 0.1) is 0 Å². The molecule has 3 rings (SSSR count). The lowest BCUT2D eigenvalue weighted by molar-refractivity contribution is -0.124. The maximum absolute atomic E-state index is 12.2. The molecular formula is C17H22N4O2. The number of pyridine rings is 1. The maximum Gasteiger partial charge on any atom is 0.243 e. The van der Waals surface area contributed by atoms with Gasteiger partial charge in [0.1, 0.15) is 12.1 Å². The highest BCUT2D eigenvalue weighted by molar-refractivity contribution is 5.79. The fraction of sp³-hybridized carbons (Fsp3) is 0.471. The van der Waals surface area contributed by atoms with Gasteiger partial charge in [-0.15, -0.1) is 0 Å². The molecule has 2 aromatic rings. The summed E-state index contributed by atoms with van der Waals surface area (Å²) in [6.45, 7) is 2.25. The highest BCUT2D eigenvalue weighted by atomic mass is 16.5. The summed E-state index contributed by atoms with van der Waals surface area (Å²) in [7, 11) is 0. The SMILES string of the molecule is C[C@@H](C(=O)NCc1cccnc1OC1CCCC1)n1ccnc1. The Kier molecular flexibility index (Phi) is 4.90. The van der Waals surface area contributed by atoms with E-state index in [1.54, 1.807) is 29.5 Å². The second kappa shape index (κ2) is 7.26. The van der Waals surface area contributed by atoms with Gasteiger partial charge in [-0.1, -0.05) is 6.07 Å². The summed E-state index contributed by atoms with van der Waals surface area (Å²) in [6.07, 6.45) is 11.7.